The average Bonchev–Trinajstić information content (AvgIpc) is 3.17. The number of amides is 1. The number of para-hydroxylation sites is 2. The molecule has 1 amide bonds. The van der Waals surface area contributed by atoms with Crippen LogP contribution < -0.4 is 5.32 Å². The standard InChI is InChI=1S/C19H17Cl2N3O3S/c20-14-5-3-4-13(18(14)21)19-23-15-6-1-2-7-16(15)24(19)10-17(25)22-12-8-9-28(26,27)11-12/h1-7,12H,8-11H2,(H,22,25)/t12-/m0/s1. The number of nitrogens with zero attached hydrogens (tertiary/aromatic N) is 2. The Bertz CT molecular complexity index is 1170. The van der Waals surface area contributed by atoms with Gasteiger partial charge in [-0.2, -0.15) is 0 Å². The largest absolute Gasteiger partial charge is 0.351 e. The number of nitrogens with one attached hydrogen (secondary N) is 1. The van der Waals surface area contributed by atoms with Gasteiger partial charge in [0.25, 0.3) is 0 Å². The lowest BCUT2D eigenvalue weighted by Crippen LogP contribution is -2.37. The number of fused-ring (bicyclic) bond motifs is 1. The Balaban J connectivity index is 1.70. The molecular formula is C19H17Cl2N3O3S. The molecule has 0 saturated carbocycles. The summed E-state index contributed by atoms with van der Waals surface area (Å²) in [4.78, 5) is 17.3. The molecule has 9 heteroatoms. The first-order chi connectivity index (χ1) is 13.3. The first kappa shape index (κ1) is 19.2. The summed E-state index contributed by atoms with van der Waals surface area (Å²) in [5.74, 6) is 0.346. The van der Waals surface area contributed by atoms with Crippen LogP contribution in [0.2, 0.25) is 10.0 Å². The van der Waals surface area contributed by atoms with E-state index in [0.717, 1.165) is 11.0 Å². The predicted molar refractivity (Wildman–Crippen MR) is 110 cm³/mol. The molecule has 0 aliphatic carbocycles. The summed E-state index contributed by atoms with van der Waals surface area (Å²) in [5.41, 5.74) is 2.13. The van der Waals surface area contributed by atoms with Crippen molar-refractivity contribution in [2.45, 2.75) is 19.0 Å². The van der Waals surface area contributed by atoms with Crippen LogP contribution >= 0.6 is 23.2 Å². The van der Waals surface area contributed by atoms with E-state index in [-0.39, 0.29) is 30.0 Å². The molecule has 1 atom stereocenters. The first-order valence-corrected chi connectivity index (χ1v) is 11.3. The molecule has 146 valence electrons. The molecule has 28 heavy (non-hydrogen) atoms. The molecule has 0 bridgehead atoms. The van der Waals surface area contributed by atoms with E-state index in [1.807, 2.05) is 24.3 Å². The van der Waals surface area contributed by atoms with Gasteiger partial charge < -0.3 is 9.88 Å². The molecule has 2 heterocycles. The number of rotatable bonds is 4. The van der Waals surface area contributed by atoms with Crippen molar-refractivity contribution >= 4 is 50.0 Å². The van der Waals surface area contributed by atoms with Gasteiger partial charge in [0.15, 0.2) is 9.84 Å². The number of hydrogen-bond acceptors (Lipinski definition) is 4. The smallest absolute Gasteiger partial charge is 0.240 e. The van der Waals surface area contributed by atoms with Gasteiger partial charge >= 0.3 is 0 Å². The molecule has 0 unspecified atom stereocenters. The Hall–Kier alpha value is -2.09. The summed E-state index contributed by atoms with van der Waals surface area (Å²) in [5, 5.41) is 3.58. The summed E-state index contributed by atoms with van der Waals surface area (Å²) < 4.78 is 25.0. The minimum Gasteiger partial charge on any atom is -0.351 e. The van der Waals surface area contributed by atoms with Crippen molar-refractivity contribution in [2.24, 2.45) is 0 Å². The second kappa shape index (κ2) is 7.39. The van der Waals surface area contributed by atoms with Gasteiger partial charge in [0, 0.05) is 11.6 Å². The van der Waals surface area contributed by atoms with Crippen molar-refractivity contribution in [1.82, 2.24) is 14.9 Å². The van der Waals surface area contributed by atoms with Gasteiger partial charge in [-0.15, -0.1) is 0 Å². The van der Waals surface area contributed by atoms with Gasteiger partial charge in [0.2, 0.25) is 5.91 Å². The van der Waals surface area contributed by atoms with Crippen LogP contribution in [0.1, 0.15) is 6.42 Å². The van der Waals surface area contributed by atoms with Gasteiger partial charge in [0.1, 0.15) is 12.4 Å². The topological polar surface area (TPSA) is 81.1 Å². The Morgan fingerprint density at radius 1 is 1.18 bits per heavy atom. The van der Waals surface area contributed by atoms with Gasteiger partial charge in [-0.05, 0) is 30.7 Å². The summed E-state index contributed by atoms with van der Waals surface area (Å²) in [6.07, 6.45) is 0.436. The fourth-order valence-electron chi connectivity index (χ4n) is 3.44. The molecular weight excluding hydrogens is 421 g/mol. The van der Waals surface area contributed by atoms with Crippen LogP contribution in [-0.4, -0.2) is 41.4 Å². The second-order valence-electron chi connectivity index (χ2n) is 6.78. The molecule has 4 rings (SSSR count). The molecule has 0 radical (unpaired) electrons. The molecule has 1 fully saturated rings. The van der Waals surface area contributed by atoms with Crippen molar-refractivity contribution in [1.29, 1.82) is 0 Å². The van der Waals surface area contributed by atoms with Crippen LogP contribution in [0, 0.1) is 0 Å². The van der Waals surface area contributed by atoms with Crippen LogP contribution in [-0.2, 0) is 21.2 Å². The minimum atomic E-state index is -3.07. The first-order valence-electron chi connectivity index (χ1n) is 8.73. The lowest BCUT2D eigenvalue weighted by atomic mass is 10.2. The van der Waals surface area contributed by atoms with Crippen molar-refractivity contribution in [2.75, 3.05) is 11.5 Å². The highest BCUT2D eigenvalue weighted by molar-refractivity contribution is 7.91. The highest BCUT2D eigenvalue weighted by atomic mass is 35.5. The third-order valence-electron chi connectivity index (χ3n) is 4.75. The van der Waals surface area contributed by atoms with Crippen LogP contribution in [0.25, 0.3) is 22.4 Å². The predicted octanol–water partition coefficient (Wildman–Crippen LogP) is 3.31. The summed E-state index contributed by atoms with van der Waals surface area (Å²) >= 11 is 12.5. The second-order valence-corrected chi connectivity index (χ2v) is 9.79. The lowest BCUT2D eigenvalue weighted by molar-refractivity contribution is -0.122. The molecule has 6 nitrogen and oxygen atoms in total. The number of aromatic nitrogens is 2. The molecule has 2 aromatic carbocycles. The molecule has 0 spiro atoms. The maximum absolute atomic E-state index is 12.6. The fourth-order valence-corrected chi connectivity index (χ4v) is 5.50. The van der Waals surface area contributed by atoms with Crippen LogP contribution in [0.15, 0.2) is 42.5 Å². The Morgan fingerprint density at radius 3 is 2.71 bits per heavy atom. The molecule has 1 saturated heterocycles. The molecule has 1 N–H and O–H groups in total. The average molecular weight is 438 g/mol. The SMILES string of the molecule is O=C(Cn1c(-c2cccc(Cl)c2Cl)nc2ccccc21)N[C@H]1CCS(=O)(=O)C1. The zero-order valence-corrected chi connectivity index (χ0v) is 17.1. The van der Waals surface area contributed by atoms with E-state index in [1.165, 1.54) is 0 Å². The Morgan fingerprint density at radius 2 is 1.96 bits per heavy atom. The molecule has 1 aliphatic heterocycles. The van der Waals surface area contributed by atoms with E-state index in [0.29, 0.717) is 27.9 Å². The number of halogens is 2. The Kier molecular flexibility index (Phi) is 5.07. The van der Waals surface area contributed by atoms with Crippen molar-refractivity contribution in [3.8, 4) is 11.4 Å². The number of imidazole rings is 1. The van der Waals surface area contributed by atoms with Gasteiger partial charge in [-0.25, -0.2) is 13.4 Å². The molecule has 1 aliphatic rings. The van der Waals surface area contributed by atoms with Crippen LogP contribution in [0.4, 0.5) is 0 Å². The zero-order chi connectivity index (χ0) is 19.9. The highest BCUT2D eigenvalue weighted by Gasteiger charge is 2.29. The van der Waals surface area contributed by atoms with Crippen molar-refractivity contribution in [3.05, 3.63) is 52.5 Å². The van der Waals surface area contributed by atoms with E-state index in [1.54, 1.807) is 22.8 Å². The van der Waals surface area contributed by atoms with E-state index < -0.39 is 9.84 Å². The Labute approximate surface area is 172 Å². The summed E-state index contributed by atoms with van der Waals surface area (Å²) in [7, 11) is -3.07. The quantitative estimate of drug-likeness (QED) is 0.678. The van der Waals surface area contributed by atoms with Gasteiger partial charge in [-0.1, -0.05) is 41.4 Å². The maximum atomic E-state index is 12.6. The number of sulfone groups is 1. The summed E-state index contributed by atoms with van der Waals surface area (Å²) in [6, 6.07) is 12.4. The lowest BCUT2D eigenvalue weighted by Gasteiger charge is -2.14. The summed E-state index contributed by atoms with van der Waals surface area (Å²) in [6.45, 7) is -0.00473. The van der Waals surface area contributed by atoms with E-state index in [9.17, 15) is 13.2 Å². The third kappa shape index (κ3) is 3.74. The molecule has 1 aromatic heterocycles. The van der Waals surface area contributed by atoms with Crippen LogP contribution in [0.3, 0.4) is 0 Å². The zero-order valence-electron chi connectivity index (χ0n) is 14.7. The van der Waals surface area contributed by atoms with Crippen molar-refractivity contribution < 1.29 is 13.2 Å². The number of carbonyl (C=O) groups is 1. The van der Waals surface area contributed by atoms with Gasteiger partial charge in [-0.3, -0.25) is 4.79 Å². The normalized spacial score (nSPS) is 18.4. The number of benzene rings is 2. The third-order valence-corrected chi connectivity index (χ3v) is 7.33. The number of carbonyl (C=O) groups excluding carboxylic acids is 1. The minimum absolute atomic E-state index is 0.00473. The van der Waals surface area contributed by atoms with E-state index in [2.05, 4.69) is 10.3 Å². The number of hydrogen-bond donors (Lipinski definition) is 1. The molecule has 3 aromatic rings. The maximum Gasteiger partial charge on any atom is 0.240 e. The van der Waals surface area contributed by atoms with Gasteiger partial charge in [0.05, 0.1) is 32.6 Å². The fraction of sp³-hybridized carbons (Fsp3) is 0.263. The van der Waals surface area contributed by atoms with E-state index in [4.69, 9.17) is 23.2 Å². The van der Waals surface area contributed by atoms with E-state index >= 15 is 0 Å². The monoisotopic (exact) mass is 437 g/mol. The van der Waals surface area contributed by atoms with Crippen molar-refractivity contribution in [3.63, 3.8) is 0 Å². The van der Waals surface area contributed by atoms with Crippen LogP contribution in [0.5, 0.6) is 0 Å². The highest BCUT2D eigenvalue weighted by Crippen LogP contribution is 2.34.